The van der Waals surface area contributed by atoms with Crippen LogP contribution in [0.1, 0.15) is 31.3 Å². The highest BCUT2D eigenvalue weighted by Gasteiger charge is 2.34. The van der Waals surface area contributed by atoms with Crippen molar-refractivity contribution in [1.29, 1.82) is 0 Å². The van der Waals surface area contributed by atoms with Gasteiger partial charge in [-0.05, 0) is 25.8 Å². The molecule has 6 nitrogen and oxygen atoms in total. The largest absolute Gasteiger partial charge is 0.396 e. The number of hydrogen-bond acceptors (Lipinski definition) is 6. The summed E-state index contributed by atoms with van der Waals surface area (Å²) < 4.78 is 0. The smallest absolute Gasteiger partial charge is 0.132 e. The van der Waals surface area contributed by atoms with Gasteiger partial charge in [0.15, 0.2) is 0 Å². The lowest BCUT2D eigenvalue weighted by Crippen LogP contribution is -2.47. The van der Waals surface area contributed by atoms with Crippen LogP contribution in [0.2, 0.25) is 0 Å². The molecule has 0 saturated carbocycles. The molecule has 0 bridgehead atoms. The number of aliphatic hydroxyl groups excluding tert-OH is 1. The van der Waals surface area contributed by atoms with E-state index in [1.54, 1.807) is 0 Å². The Labute approximate surface area is 151 Å². The average Bonchev–Trinajstić information content (AvgIpc) is 2.99. The number of hydrogen-bond donors (Lipinski definition) is 1. The lowest BCUT2D eigenvalue weighted by molar-refractivity contribution is 0.116. The van der Waals surface area contributed by atoms with E-state index in [9.17, 15) is 5.11 Å². The Balaban J connectivity index is 1.68. The number of aromatic nitrogens is 2. The summed E-state index contributed by atoms with van der Waals surface area (Å²) in [4.78, 5) is 16.5. The minimum absolute atomic E-state index is 0.260. The van der Waals surface area contributed by atoms with E-state index in [1.807, 2.05) is 6.92 Å². The molecule has 3 rings (SSSR count). The first-order chi connectivity index (χ1) is 12.0. The zero-order valence-electron chi connectivity index (χ0n) is 16.1. The standard InChI is InChI=1S/C19H33N5O/c1-14(2)18-9-19(21-15(3)20-18)24-11-16(17(12-24)13-25)10-23-7-5-22(4)6-8-23/h9,14,16-17,25H,5-8,10-13H2,1-4H3/t16-,17-/m1/s1. The summed E-state index contributed by atoms with van der Waals surface area (Å²) in [5, 5.41) is 9.88. The van der Waals surface area contributed by atoms with Crippen LogP contribution >= 0.6 is 0 Å². The normalized spacial score (nSPS) is 25.9. The van der Waals surface area contributed by atoms with Crippen LogP contribution in [-0.4, -0.2) is 84.3 Å². The van der Waals surface area contributed by atoms with Crippen LogP contribution in [0.4, 0.5) is 5.82 Å². The minimum atomic E-state index is 0.260. The number of piperazine rings is 1. The second-order valence-corrected chi connectivity index (χ2v) is 8.06. The van der Waals surface area contributed by atoms with Gasteiger partial charge in [0, 0.05) is 70.1 Å². The van der Waals surface area contributed by atoms with Crippen molar-refractivity contribution in [3.8, 4) is 0 Å². The van der Waals surface area contributed by atoms with Crippen LogP contribution in [0.25, 0.3) is 0 Å². The molecule has 1 N–H and O–H groups in total. The van der Waals surface area contributed by atoms with Crippen LogP contribution in [-0.2, 0) is 0 Å². The molecule has 0 spiro atoms. The summed E-state index contributed by atoms with van der Waals surface area (Å²) >= 11 is 0. The van der Waals surface area contributed by atoms with Gasteiger partial charge in [-0.3, -0.25) is 0 Å². The van der Waals surface area contributed by atoms with Crippen LogP contribution in [0.15, 0.2) is 6.07 Å². The van der Waals surface area contributed by atoms with Crippen molar-refractivity contribution in [2.24, 2.45) is 11.8 Å². The third-order valence-electron chi connectivity index (χ3n) is 5.66. The predicted molar refractivity (Wildman–Crippen MR) is 101 cm³/mol. The lowest BCUT2D eigenvalue weighted by Gasteiger charge is -2.34. The monoisotopic (exact) mass is 347 g/mol. The van der Waals surface area contributed by atoms with Crippen LogP contribution in [0, 0.1) is 18.8 Å². The van der Waals surface area contributed by atoms with Gasteiger partial charge in [0.2, 0.25) is 0 Å². The van der Waals surface area contributed by atoms with E-state index in [0.717, 1.165) is 63.1 Å². The Morgan fingerprint density at radius 3 is 2.44 bits per heavy atom. The SMILES string of the molecule is Cc1nc(C(C)C)cc(N2C[C@@H](CN3CCN(C)CC3)[C@@H](CO)C2)n1. The van der Waals surface area contributed by atoms with Crippen LogP contribution < -0.4 is 4.90 Å². The summed E-state index contributed by atoms with van der Waals surface area (Å²) in [7, 11) is 2.19. The first kappa shape index (κ1) is 18.5. The maximum absolute atomic E-state index is 9.88. The molecule has 0 amide bonds. The number of nitrogens with zero attached hydrogens (tertiary/aromatic N) is 5. The molecular weight excluding hydrogens is 314 g/mol. The highest BCUT2D eigenvalue weighted by atomic mass is 16.3. The van der Waals surface area contributed by atoms with Crippen LogP contribution in [0.5, 0.6) is 0 Å². The molecular formula is C19H33N5O. The van der Waals surface area contributed by atoms with Gasteiger partial charge < -0.3 is 19.8 Å². The fourth-order valence-electron chi connectivity index (χ4n) is 3.93. The van der Waals surface area contributed by atoms with Crippen molar-refractivity contribution in [2.75, 3.05) is 64.4 Å². The van der Waals surface area contributed by atoms with Crippen molar-refractivity contribution >= 4 is 5.82 Å². The lowest BCUT2D eigenvalue weighted by atomic mass is 9.96. The van der Waals surface area contributed by atoms with Gasteiger partial charge in [-0.15, -0.1) is 0 Å². The molecule has 2 atom stereocenters. The van der Waals surface area contributed by atoms with Gasteiger partial charge in [-0.2, -0.15) is 0 Å². The van der Waals surface area contributed by atoms with E-state index < -0.39 is 0 Å². The predicted octanol–water partition coefficient (Wildman–Crippen LogP) is 1.20. The van der Waals surface area contributed by atoms with E-state index >= 15 is 0 Å². The highest BCUT2D eigenvalue weighted by molar-refractivity contribution is 5.42. The summed E-state index contributed by atoms with van der Waals surface area (Å²) in [5.41, 5.74) is 1.10. The van der Waals surface area contributed by atoms with Gasteiger partial charge in [0.25, 0.3) is 0 Å². The number of likely N-dealkylation sites (N-methyl/N-ethyl adjacent to an activating group) is 1. The molecule has 2 fully saturated rings. The number of aliphatic hydroxyl groups is 1. The first-order valence-electron chi connectivity index (χ1n) is 9.58. The van der Waals surface area contributed by atoms with Crippen molar-refractivity contribution < 1.29 is 5.11 Å². The molecule has 0 aromatic carbocycles. The van der Waals surface area contributed by atoms with E-state index in [4.69, 9.17) is 0 Å². The van der Waals surface area contributed by atoms with Gasteiger partial charge in [0.1, 0.15) is 11.6 Å². The molecule has 140 valence electrons. The molecule has 0 radical (unpaired) electrons. The highest BCUT2D eigenvalue weighted by Crippen LogP contribution is 2.29. The Morgan fingerprint density at radius 2 is 1.80 bits per heavy atom. The van der Waals surface area contributed by atoms with Gasteiger partial charge in [-0.1, -0.05) is 13.8 Å². The molecule has 6 heteroatoms. The van der Waals surface area contributed by atoms with E-state index in [-0.39, 0.29) is 6.61 Å². The van der Waals surface area contributed by atoms with Crippen LogP contribution in [0.3, 0.4) is 0 Å². The van der Waals surface area contributed by atoms with E-state index in [1.165, 1.54) is 0 Å². The zero-order chi connectivity index (χ0) is 18.0. The Kier molecular flexibility index (Phi) is 5.92. The van der Waals surface area contributed by atoms with Crippen molar-refractivity contribution in [1.82, 2.24) is 19.8 Å². The van der Waals surface area contributed by atoms with Gasteiger partial charge >= 0.3 is 0 Å². The fourth-order valence-corrected chi connectivity index (χ4v) is 3.93. The third-order valence-corrected chi connectivity index (χ3v) is 5.66. The molecule has 25 heavy (non-hydrogen) atoms. The maximum Gasteiger partial charge on any atom is 0.132 e. The third kappa shape index (κ3) is 4.49. The average molecular weight is 348 g/mol. The minimum Gasteiger partial charge on any atom is -0.396 e. The maximum atomic E-state index is 9.88. The van der Waals surface area contributed by atoms with E-state index in [2.05, 4.69) is 51.6 Å². The Hall–Kier alpha value is -1.24. The molecule has 3 heterocycles. The topological polar surface area (TPSA) is 55.7 Å². The molecule has 1 aromatic heterocycles. The quantitative estimate of drug-likeness (QED) is 0.864. The molecule has 2 saturated heterocycles. The molecule has 2 aliphatic heterocycles. The Bertz CT molecular complexity index is 571. The summed E-state index contributed by atoms with van der Waals surface area (Å²) in [6, 6.07) is 2.13. The van der Waals surface area contributed by atoms with Crippen molar-refractivity contribution in [3.05, 3.63) is 17.6 Å². The summed E-state index contributed by atoms with van der Waals surface area (Å²) in [6.45, 7) is 14.1. The second kappa shape index (κ2) is 7.98. The molecule has 1 aromatic rings. The first-order valence-corrected chi connectivity index (χ1v) is 9.58. The second-order valence-electron chi connectivity index (χ2n) is 8.06. The number of aryl methyl sites for hydroxylation is 1. The van der Waals surface area contributed by atoms with Crippen molar-refractivity contribution in [2.45, 2.75) is 26.7 Å². The molecule has 0 unspecified atom stereocenters. The Morgan fingerprint density at radius 1 is 1.12 bits per heavy atom. The zero-order valence-corrected chi connectivity index (χ0v) is 16.1. The van der Waals surface area contributed by atoms with E-state index in [0.29, 0.717) is 17.8 Å². The fraction of sp³-hybridized carbons (Fsp3) is 0.789. The summed E-state index contributed by atoms with van der Waals surface area (Å²) in [5.74, 6) is 3.10. The van der Waals surface area contributed by atoms with Gasteiger partial charge in [-0.25, -0.2) is 9.97 Å². The molecule has 2 aliphatic rings. The van der Waals surface area contributed by atoms with Crippen molar-refractivity contribution in [3.63, 3.8) is 0 Å². The molecule has 0 aliphatic carbocycles. The summed E-state index contributed by atoms with van der Waals surface area (Å²) in [6.07, 6.45) is 0. The number of rotatable bonds is 5. The van der Waals surface area contributed by atoms with Gasteiger partial charge in [0.05, 0.1) is 0 Å². The number of anilines is 1.